The van der Waals surface area contributed by atoms with E-state index < -0.39 is 0 Å². The number of hydrogen-bond acceptors (Lipinski definition) is 3. The Balaban J connectivity index is 1.52. The zero-order valence-electron chi connectivity index (χ0n) is 14.2. The van der Waals surface area contributed by atoms with E-state index in [1.165, 1.54) is 5.01 Å². The standard InChI is InChI=1S/C20H21N3O2/c1-15-18(20(25)23(22-15)17-10-6-3-7-11-17)12-13-19(24)21-14-16-8-4-2-5-9-16/h2-11,18H,12-14H2,1H3,(H,21,24)/t18-/m0/s1. The van der Waals surface area contributed by atoms with Gasteiger partial charge in [0.05, 0.1) is 11.6 Å². The van der Waals surface area contributed by atoms with Gasteiger partial charge >= 0.3 is 0 Å². The Hall–Kier alpha value is -2.95. The Morgan fingerprint density at radius 1 is 1.08 bits per heavy atom. The first-order valence-electron chi connectivity index (χ1n) is 8.40. The van der Waals surface area contributed by atoms with Gasteiger partial charge in [0.2, 0.25) is 5.91 Å². The van der Waals surface area contributed by atoms with Crippen LogP contribution in [0.5, 0.6) is 0 Å². The van der Waals surface area contributed by atoms with Crippen molar-refractivity contribution in [1.82, 2.24) is 5.32 Å². The number of nitrogens with one attached hydrogen (secondary N) is 1. The van der Waals surface area contributed by atoms with E-state index in [1.807, 2.05) is 67.6 Å². The van der Waals surface area contributed by atoms with Gasteiger partial charge in [0.25, 0.3) is 5.91 Å². The van der Waals surface area contributed by atoms with E-state index in [9.17, 15) is 9.59 Å². The molecule has 1 heterocycles. The third-order valence-electron chi connectivity index (χ3n) is 4.26. The summed E-state index contributed by atoms with van der Waals surface area (Å²) >= 11 is 0. The van der Waals surface area contributed by atoms with Crippen LogP contribution in [0.4, 0.5) is 5.69 Å². The van der Waals surface area contributed by atoms with Gasteiger partial charge in [-0.3, -0.25) is 9.59 Å². The van der Waals surface area contributed by atoms with Crippen LogP contribution in [-0.2, 0) is 16.1 Å². The first-order chi connectivity index (χ1) is 12.1. The molecule has 5 nitrogen and oxygen atoms in total. The third kappa shape index (κ3) is 4.12. The average Bonchev–Trinajstić information content (AvgIpc) is 2.94. The monoisotopic (exact) mass is 335 g/mol. The summed E-state index contributed by atoms with van der Waals surface area (Å²) in [5, 5.41) is 8.69. The molecule has 0 aliphatic carbocycles. The fourth-order valence-corrected chi connectivity index (χ4v) is 2.85. The van der Waals surface area contributed by atoms with Crippen molar-refractivity contribution < 1.29 is 9.59 Å². The largest absolute Gasteiger partial charge is 0.352 e. The number of hydrazone groups is 1. The minimum Gasteiger partial charge on any atom is -0.352 e. The molecule has 2 amide bonds. The second-order valence-corrected chi connectivity index (χ2v) is 6.08. The molecule has 0 radical (unpaired) electrons. The highest BCUT2D eigenvalue weighted by Crippen LogP contribution is 2.26. The molecule has 0 spiro atoms. The molecular weight excluding hydrogens is 314 g/mol. The number of carbonyl (C=O) groups is 2. The van der Waals surface area contributed by atoms with Crippen LogP contribution >= 0.6 is 0 Å². The first kappa shape index (κ1) is 16.9. The lowest BCUT2D eigenvalue weighted by atomic mass is 9.98. The molecule has 3 rings (SSSR count). The summed E-state index contributed by atoms with van der Waals surface area (Å²) in [6, 6.07) is 19.1. The van der Waals surface area contributed by atoms with Gasteiger partial charge < -0.3 is 5.32 Å². The highest BCUT2D eigenvalue weighted by molar-refractivity contribution is 6.14. The van der Waals surface area contributed by atoms with Crippen molar-refractivity contribution in [2.24, 2.45) is 11.0 Å². The molecule has 25 heavy (non-hydrogen) atoms. The molecule has 0 bridgehead atoms. The molecule has 0 saturated heterocycles. The molecule has 1 atom stereocenters. The van der Waals surface area contributed by atoms with Gasteiger partial charge in [-0.1, -0.05) is 48.5 Å². The lowest BCUT2D eigenvalue weighted by Crippen LogP contribution is -2.29. The van der Waals surface area contributed by atoms with Gasteiger partial charge in [0.1, 0.15) is 0 Å². The van der Waals surface area contributed by atoms with Crippen LogP contribution in [-0.4, -0.2) is 17.5 Å². The van der Waals surface area contributed by atoms with Gasteiger partial charge in [-0.2, -0.15) is 5.10 Å². The van der Waals surface area contributed by atoms with Crippen molar-refractivity contribution in [3.05, 3.63) is 66.2 Å². The molecule has 0 saturated carbocycles. The Labute approximate surface area is 147 Å². The van der Waals surface area contributed by atoms with Crippen LogP contribution in [0.15, 0.2) is 65.8 Å². The summed E-state index contributed by atoms with van der Waals surface area (Å²) in [4.78, 5) is 24.6. The second kappa shape index (κ2) is 7.75. The highest BCUT2D eigenvalue weighted by Gasteiger charge is 2.34. The minimum absolute atomic E-state index is 0.0531. The molecule has 1 aliphatic heterocycles. The van der Waals surface area contributed by atoms with Gasteiger partial charge in [-0.25, -0.2) is 5.01 Å². The highest BCUT2D eigenvalue weighted by atomic mass is 16.2. The summed E-state index contributed by atoms with van der Waals surface area (Å²) < 4.78 is 0. The maximum atomic E-state index is 12.6. The van der Waals surface area contributed by atoms with E-state index in [0.29, 0.717) is 19.4 Å². The fraction of sp³-hybridized carbons (Fsp3) is 0.250. The summed E-state index contributed by atoms with van der Waals surface area (Å²) in [6.45, 7) is 2.34. The van der Waals surface area contributed by atoms with Crippen LogP contribution < -0.4 is 10.3 Å². The summed E-state index contributed by atoms with van der Waals surface area (Å²) in [6.07, 6.45) is 0.775. The topological polar surface area (TPSA) is 61.8 Å². The van der Waals surface area contributed by atoms with E-state index in [2.05, 4.69) is 10.4 Å². The van der Waals surface area contributed by atoms with E-state index in [4.69, 9.17) is 0 Å². The van der Waals surface area contributed by atoms with Gasteiger partial charge in [0, 0.05) is 18.7 Å². The number of amides is 2. The Kier molecular flexibility index (Phi) is 5.23. The quantitative estimate of drug-likeness (QED) is 0.881. The van der Waals surface area contributed by atoms with Crippen LogP contribution in [0.25, 0.3) is 0 Å². The van der Waals surface area contributed by atoms with Crippen molar-refractivity contribution in [2.75, 3.05) is 5.01 Å². The molecule has 1 aliphatic rings. The number of para-hydroxylation sites is 1. The smallest absolute Gasteiger partial charge is 0.256 e. The van der Waals surface area contributed by atoms with Crippen molar-refractivity contribution in [3.8, 4) is 0 Å². The molecule has 2 aromatic carbocycles. The second-order valence-electron chi connectivity index (χ2n) is 6.08. The van der Waals surface area contributed by atoms with Gasteiger partial charge in [0.15, 0.2) is 0 Å². The number of nitrogens with zero attached hydrogens (tertiary/aromatic N) is 2. The van der Waals surface area contributed by atoms with Crippen molar-refractivity contribution in [1.29, 1.82) is 0 Å². The predicted octanol–water partition coefficient (Wildman–Crippen LogP) is 3.12. The zero-order valence-corrected chi connectivity index (χ0v) is 14.2. The normalized spacial score (nSPS) is 16.7. The number of rotatable bonds is 6. The Morgan fingerprint density at radius 2 is 1.72 bits per heavy atom. The third-order valence-corrected chi connectivity index (χ3v) is 4.26. The maximum Gasteiger partial charge on any atom is 0.256 e. The number of carbonyl (C=O) groups excluding carboxylic acids is 2. The summed E-state index contributed by atoms with van der Waals surface area (Å²) in [5.74, 6) is -0.454. The Bertz CT molecular complexity index is 772. The lowest BCUT2D eigenvalue weighted by Gasteiger charge is -2.14. The SMILES string of the molecule is CC1=NN(c2ccccc2)C(=O)[C@H]1CCC(=O)NCc1ccccc1. The average molecular weight is 335 g/mol. The first-order valence-corrected chi connectivity index (χ1v) is 8.40. The molecule has 0 fully saturated rings. The minimum atomic E-state index is -0.331. The molecule has 1 N–H and O–H groups in total. The number of hydrogen-bond donors (Lipinski definition) is 1. The molecule has 128 valence electrons. The van der Waals surface area contributed by atoms with E-state index in [0.717, 1.165) is 17.0 Å². The van der Waals surface area contributed by atoms with Crippen molar-refractivity contribution in [3.63, 3.8) is 0 Å². The van der Waals surface area contributed by atoms with Crippen LogP contribution in [0, 0.1) is 5.92 Å². The molecule has 5 heteroatoms. The van der Waals surface area contributed by atoms with E-state index >= 15 is 0 Å². The lowest BCUT2D eigenvalue weighted by molar-refractivity contribution is -0.122. The van der Waals surface area contributed by atoms with E-state index in [-0.39, 0.29) is 17.7 Å². The van der Waals surface area contributed by atoms with E-state index in [1.54, 1.807) is 0 Å². The molecule has 2 aromatic rings. The molecule has 0 aromatic heterocycles. The van der Waals surface area contributed by atoms with Crippen molar-refractivity contribution >= 4 is 23.2 Å². The molecular formula is C20H21N3O2. The predicted molar refractivity (Wildman–Crippen MR) is 98.0 cm³/mol. The number of benzene rings is 2. The zero-order chi connectivity index (χ0) is 17.6. The van der Waals surface area contributed by atoms with Crippen molar-refractivity contribution in [2.45, 2.75) is 26.3 Å². The van der Waals surface area contributed by atoms with Crippen LogP contribution in [0.2, 0.25) is 0 Å². The molecule has 0 unspecified atom stereocenters. The van der Waals surface area contributed by atoms with Gasteiger partial charge in [-0.05, 0) is 31.0 Å². The maximum absolute atomic E-state index is 12.6. The van der Waals surface area contributed by atoms with Gasteiger partial charge in [-0.15, -0.1) is 0 Å². The number of anilines is 1. The Morgan fingerprint density at radius 3 is 2.40 bits per heavy atom. The fourth-order valence-electron chi connectivity index (χ4n) is 2.85. The van der Waals surface area contributed by atoms with Crippen LogP contribution in [0.3, 0.4) is 0 Å². The summed E-state index contributed by atoms with van der Waals surface area (Å²) in [7, 11) is 0. The van der Waals surface area contributed by atoms with Crippen LogP contribution in [0.1, 0.15) is 25.3 Å². The summed E-state index contributed by atoms with van der Waals surface area (Å²) in [5.41, 5.74) is 2.56.